The Balaban J connectivity index is 3.17. The second-order valence-electron chi connectivity index (χ2n) is 3.16. The van der Waals surface area contributed by atoms with Gasteiger partial charge in [-0.1, -0.05) is 0 Å². The quantitative estimate of drug-likeness (QED) is 0.490. The molecular weight excluding hydrogens is 160 g/mol. The maximum atomic E-state index is 10.1. The molecule has 72 valence electrons. The van der Waals surface area contributed by atoms with E-state index in [0.717, 1.165) is 0 Å². The third-order valence-electron chi connectivity index (χ3n) is 1.08. The van der Waals surface area contributed by atoms with E-state index in [0.29, 0.717) is 13.1 Å². The number of ether oxygens (including phenoxy) is 1. The lowest BCUT2D eigenvalue weighted by atomic mass is 10.1. The highest BCUT2D eigenvalue weighted by Gasteiger charge is 2.10. The molecule has 0 bridgehead atoms. The van der Waals surface area contributed by atoms with Gasteiger partial charge in [-0.15, -0.1) is 0 Å². The van der Waals surface area contributed by atoms with Gasteiger partial charge in [-0.05, 0) is 13.8 Å². The van der Waals surface area contributed by atoms with Crippen LogP contribution in [0.15, 0.2) is 0 Å². The van der Waals surface area contributed by atoms with Gasteiger partial charge in [0.2, 0.25) is 0 Å². The van der Waals surface area contributed by atoms with Gasteiger partial charge in [0.1, 0.15) is 6.61 Å². The fourth-order valence-corrected chi connectivity index (χ4v) is 0.618. The number of carbonyl (C=O) groups excluding carboxylic acids is 1. The fourth-order valence-electron chi connectivity index (χ4n) is 0.618. The van der Waals surface area contributed by atoms with Crippen molar-refractivity contribution in [3.63, 3.8) is 0 Å². The van der Waals surface area contributed by atoms with Crippen LogP contribution in [0.1, 0.15) is 13.8 Å². The summed E-state index contributed by atoms with van der Waals surface area (Å²) in [6, 6.07) is 0. The normalized spacial score (nSPS) is 11.2. The van der Waals surface area contributed by atoms with Crippen molar-refractivity contribution in [2.24, 2.45) is 5.73 Å². The summed E-state index contributed by atoms with van der Waals surface area (Å²) in [7, 11) is 0. The molecule has 0 aliphatic rings. The van der Waals surface area contributed by atoms with Crippen LogP contribution in [0.4, 0.5) is 4.79 Å². The van der Waals surface area contributed by atoms with Crippen LogP contribution in [0.25, 0.3) is 0 Å². The highest BCUT2D eigenvalue weighted by Crippen LogP contribution is 1.96. The Labute approximate surface area is 71.9 Å². The summed E-state index contributed by atoms with van der Waals surface area (Å²) in [4.78, 5) is 10.1. The summed E-state index contributed by atoms with van der Waals surface area (Å²) in [5.41, 5.74) is 3.98. The number of primary amides is 1. The van der Waals surface area contributed by atoms with Crippen LogP contribution < -0.4 is 11.1 Å². The predicted molar refractivity (Wildman–Crippen MR) is 44.7 cm³/mol. The van der Waals surface area contributed by atoms with Crippen molar-refractivity contribution in [1.82, 2.24) is 5.32 Å². The molecule has 12 heavy (non-hydrogen) atoms. The van der Waals surface area contributed by atoms with Gasteiger partial charge in [0.15, 0.2) is 0 Å². The molecule has 5 heteroatoms. The summed E-state index contributed by atoms with van der Waals surface area (Å²) in [5.74, 6) is 0. The zero-order valence-electron chi connectivity index (χ0n) is 7.46. The molecule has 0 saturated heterocycles. The number of carbonyl (C=O) groups is 1. The van der Waals surface area contributed by atoms with Gasteiger partial charge in [-0.2, -0.15) is 0 Å². The molecule has 0 rings (SSSR count). The minimum absolute atomic E-state index is 0.228. The first-order valence-electron chi connectivity index (χ1n) is 3.77. The molecule has 1 amide bonds. The van der Waals surface area contributed by atoms with E-state index in [1.165, 1.54) is 0 Å². The van der Waals surface area contributed by atoms with Crippen LogP contribution in [0, 0.1) is 0 Å². The maximum Gasteiger partial charge on any atom is 0.404 e. The Bertz CT molecular complexity index is 142. The Morgan fingerprint density at radius 1 is 1.67 bits per heavy atom. The standard InChI is InChI=1S/C7H16N2O3/c1-7(2,11)5-9-3-4-12-6(8)10/h9,11H,3-5H2,1-2H3,(H2,8,10). The minimum atomic E-state index is -0.778. The first-order valence-corrected chi connectivity index (χ1v) is 3.77. The topological polar surface area (TPSA) is 84.6 Å². The van der Waals surface area contributed by atoms with E-state index < -0.39 is 11.7 Å². The first-order chi connectivity index (χ1) is 5.42. The number of rotatable bonds is 5. The van der Waals surface area contributed by atoms with E-state index in [4.69, 9.17) is 5.73 Å². The third-order valence-corrected chi connectivity index (χ3v) is 1.08. The van der Waals surface area contributed by atoms with Crippen molar-refractivity contribution < 1.29 is 14.6 Å². The number of nitrogens with one attached hydrogen (secondary N) is 1. The fraction of sp³-hybridized carbons (Fsp3) is 0.857. The Morgan fingerprint density at radius 3 is 2.67 bits per heavy atom. The first kappa shape index (κ1) is 11.2. The van der Waals surface area contributed by atoms with Crippen LogP contribution in [0.3, 0.4) is 0 Å². The van der Waals surface area contributed by atoms with Crippen molar-refractivity contribution >= 4 is 6.09 Å². The van der Waals surface area contributed by atoms with Crippen molar-refractivity contribution in [1.29, 1.82) is 0 Å². The number of nitrogens with two attached hydrogens (primary N) is 1. The second kappa shape index (κ2) is 4.95. The summed E-state index contributed by atoms with van der Waals surface area (Å²) in [6.07, 6.45) is -0.778. The van der Waals surface area contributed by atoms with E-state index in [-0.39, 0.29) is 6.61 Å². The van der Waals surface area contributed by atoms with E-state index in [2.05, 4.69) is 10.1 Å². The van der Waals surface area contributed by atoms with Crippen molar-refractivity contribution in [3.8, 4) is 0 Å². The maximum absolute atomic E-state index is 10.1. The van der Waals surface area contributed by atoms with Crippen LogP contribution in [0.2, 0.25) is 0 Å². The molecule has 0 spiro atoms. The van der Waals surface area contributed by atoms with E-state index in [9.17, 15) is 9.90 Å². The molecule has 0 aromatic carbocycles. The zero-order chi connectivity index (χ0) is 9.61. The molecule has 4 N–H and O–H groups in total. The van der Waals surface area contributed by atoms with Crippen LogP contribution >= 0.6 is 0 Å². The third kappa shape index (κ3) is 9.19. The number of amides is 1. The molecule has 0 atom stereocenters. The molecular formula is C7H16N2O3. The average molecular weight is 176 g/mol. The highest BCUT2D eigenvalue weighted by atomic mass is 16.5. The molecule has 0 aliphatic heterocycles. The second-order valence-corrected chi connectivity index (χ2v) is 3.16. The summed E-state index contributed by atoms with van der Waals surface area (Å²) in [6.45, 7) is 4.55. The molecule has 0 heterocycles. The number of hydrogen-bond acceptors (Lipinski definition) is 4. The van der Waals surface area contributed by atoms with Crippen molar-refractivity contribution in [3.05, 3.63) is 0 Å². The molecule has 0 aromatic rings. The Hall–Kier alpha value is -0.810. The SMILES string of the molecule is CC(C)(O)CNCCOC(N)=O. The van der Waals surface area contributed by atoms with Gasteiger partial charge in [0.25, 0.3) is 0 Å². The van der Waals surface area contributed by atoms with Gasteiger partial charge in [0.05, 0.1) is 5.60 Å². The molecule has 0 aliphatic carbocycles. The smallest absolute Gasteiger partial charge is 0.404 e. The summed E-state index contributed by atoms with van der Waals surface area (Å²) < 4.78 is 4.45. The Morgan fingerprint density at radius 2 is 2.25 bits per heavy atom. The van der Waals surface area contributed by atoms with Gasteiger partial charge in [-0.25, -0.2) is 4.79 Å². The van der Waals surface area contributed by atoms with Crippen LogP contribution in [-0.2, 0) is 4.74 Å². The van der Waals surface area contributed by atoms with Crippen LogP contribution in [-0.4, -0.2) is 36.5 Å². The predicted octanol–water partition coefficient (Wildman–Crippen LogP) is -0.558. The van der Waals surface area contributed by atoms with Gasteiger partial charge in [0, 0.05) is 13.1 Å². The lowest BCUT2D eigenvalue weighted by molar-refractivity contribution is 0.0778. The zero-order valence-corrected chi connectivity index (χ0v) is 7.46. The van der Waals surface area contributed by atoms with E-state index in [1.54, 1.807) is 13.8 Å². The van der Waals surface area contributed by atoms with Gasteiger partial charge < -0.3 is 20.9 Å². The molecule has 0 radical (unpaired) electrons. The summed E-state index contributed by atoms with van der Waals surface area (Å²) in [5, 5.41) is 12.1. The number of hydrogen-bond donors (Lipinski definition) is 3. The van der Waals surface area contributed by atoms with Gasteiger partial charge >= 0.3 is 6.09 Å². The molecule has 5 nitrogen and oxygen atoms in total. The molecule has 0 fully saturated rings. The minimum Gasteiger partial charge on any atom is -0.448 e. The lowest BCUT2D eigenvalue weighted by Crippen LogP contribution is -2.36. The Kier molecular flexibility index (Phi) is 4.61. The highest BCUT2D eigenvalue weighted by molar-refractivity contribution is 5.64. The molecule has 0 aromatic heterocycles. The average Bonchev–Trinajstić information content (AvgIpc) is 1.83. The van der Waals surface area contributed by atoms with Gasteiger partial charge in [-0.3, -0.25) is 0 Å². The summed E-state index contributed by atoms with van der Waals surface area (Å²) >= 11 is 0. The van der Waals surface area contributed by atoms with Crippen LogP contribution in [0.5, 0.6) is 0 Å². The lowest BCUT2D eigenvalue weighted by Gasteiger charge is -2.17. The molecule has 0 unspecified atom stereocenters. The number of aliphatic hydroxyl groups is 1. The van der Waals surface area contributed by atoms with E-state index >= 15 is 0 Å². The largest absolute Gasteiger partial charge is 0.448 e. The van der Waals surface area contributed by atoms with E-state index in [1.807, 2.05) is 0 Å². The van der Waals surface area contributed by atoms with Crippen molar-refractivity contribution in [2.45, 2.75) is 19.4 Å². The molecule has 0 saturated carbocycles. The van der Waals surface area contributed by atoms with Crippen molar-refractivity contribution in [2.75, 3.05) is 19.7 Å². The monoisotopic (exact) mass is 176 g/mol.